The number of nitrogens with zero attached hydrogens (tertiary/aromatic N) is 3. The predicted molar refractivity (Wildman–Crippen MR) is 122 cm³/mol. The summed E-state index contributed by atoms with van der Waals surface area (Å²) in [5.41, 5.74) is 0.207. The highest BCUT2D eigenvalue weighted by Crippen LogP contribution is 2.39. The predicted octanol–water partition coefficient (Wildman–Crippen LogP) is 3.03. The smallest absolute Gasteiger partial charge is 0.411 e. The fourth-order valence-electron chi connectivity index (χ4n) is 3.33. The van der Waals surface area contributed by atoms with Crippen molar-refractivity contribution >= 4 is 33.4 Å². The van der Waals surface area contributed by atoms with E-state index in [9.17, 15) is 26.8 Å². The molecule has 1 aliphatic rings. The highest BCUT2D eigenvalue weighted by Gasteiger charge is 2.37. The van der Waals surface area contributed by atoms with E-state index in [0.29, 0.717) is 6.42 Å². The van der Waals surface area contributed by atoms with Gasteiger partial charge in [0.1, 0.15) is 22.9 Å². The van der Waals surface area contributed by atoms with Gasteiger partial charge in [0.15, 0.2) is 0 Å². The molecule has 14 heteroatoms. The van der Waals surface area contributed by atoms with Crippen LogP contribution in [0.3, 0.4) is 0 Å². The van der Waals surface area contributed by atoms with Crippen LogP contribution in [0.15, 0.2) is 29.3 Å². The number of hydrogen-bond donors (Lipinski definition) is 2. The van der Waals surface area contributed by atoms with Gasteiger partial charge in [-0.3, -0.25) is 14.4 Å². The second-order valence-electron chi connectivity index (χ2n) is 7.98. The lowest BCUT2D eigenvalue weighted by molar-refractivity contribution is -0.119. The number of amides is 2. The summed E-state index contributed by atoms with van der Waals surface area (Å²) in [5, 5.41) is 8.71. The SMILES string of the molecule is CCC(C)OC(=O)Nc1ccc2c(c1)N(S(=O)(=O)c1cn(C(F)F)nc1C)C[C@H](CNC(C)=O)O2. The minimum absolute atomic E-state index is 0.0112. The first-order valence-electron chi connectivity index (χ1n) is 10.8. The molecule has 192 valence electrons. The molecule has 0 bridgehead atoms. The first-order valence-corrected chi connectivity index (χ1v) is 12.3. The first-order chi connectivity index (χ1) is 16.4. The number of ether oxygens (including phenoxy) is 2. The number of fused-ring (bicyclic) bond motifs is 1. The van der Waals surface area contributed by atoms with Crippen LogP contribution in [0, 0.1) is 6.92 Å². The number of carbonyl (C=O) groups excluding carboxylic acids is 2. The number of sulfonamides is 1. The van der Waals surface area contributed by atoms with E-state index in [-0.39, 0.29) is 52.6 Å². The molecular formula is C21H27F2N5O6S. The van der Waals surface area contributed by atoms with Gasteiger partial charge < -0.3 is 14.8 Å². The Kier molecular flexibility index (Phi) is 7.83. The molecule has 2 amide bonds. The van der Waals surface area contributed by atoms with Crippen molar-refractivity contribution in [3.63, 3.8) is 0 Å². The normalized spacial score (nSPS) is 16.3. The van der Waals surface area contributed by atoms with Crippen LogP contribution in [-0.2, 0) is 19.6 Å². The van der Waals surface area contributed by atoms with Gasteiger partial charge in [-0.05, 0) is 38.5 Å². The molecule has 1 aliphatic heterocycles. The van der Waals surface area contributed by atoms with Gasteiger partial charge in [0.2, 0.25) is 5.91 Å². The fourth-order valence-corrected chi connectivity index (χ4v) is 4.99. The quantitative estimate of drug-likeness (QED) is 0.552. The maximum absolute atomic E-state index is 13.6. The summed E-state index contributed by atoms with van der Waals surface area (Å²) >= 11 is 0. The van der Waals surface area contributed by atoms with Crippen molar-refractivity contribution in [2.45, 2.75) is 57.8 Å². The molecule has 1 unspecified atom stereocenters. The maximum Gasteiger partial charge on any atom is 0.411 e. The van der Waals surface area contributed by atoms with Gasteiger partial charge in [0, 0.05) is 12.6 Å². The van der Waals surface area contributed by atoms with Gasteiger partial charge in [0.05, 0.1) is 30.7 Å². The molecule has 1 aromatic heterocycles. The third-order valence-electron chi connectivity index (χ3n) is 5.24. The van der Waals surface area contributed by atoms with Crippen molar-refractivity contribution in [2.24, 2.45) is 0 Å². The molecule has 0 fully saturated rings. The molecular weight excluding hydrogens is 488 g/mol. The van der Waals surface area contributed by atoms with Crippen LogP contribution in [0.25, 0.3) is 0 Å². The minimum Gasteiger partial charge on any atom is -0.484 e. The highest BCUT2D eigenvalue weighted by molar-refractivity contribution is 7.92. The van der Waals surface area contributed by atoms with Crippen LogP contribution in [0.5, 0.6) is 5.75 Å². The molecule has 2 aromatic rings. The molecule has 0 saturated heterocycles. The van der Waals surface area contributed by atoms with Crippen LogP contribution in [0.4, 0.5) is 25.0 Å². The third kappa shape index (κ3) is 5.99. The Hall–Kier alpha value is -3.42. The number of carbonyl (C=O) groups is 2. The number of anilines is 2. The molecule has 2 atom stereocenters. The van der Waals surface area contributed by atoms with E-state index >= 15 is 0 Å². The highest BCUT2D eigenvalue weighted by atomic mass is 32.2. The summed E-state index contributed by atoms with van der Waals surface area (Å²) in [7, 11) is -4.38. The van der Waals surface area contributed by atoms with E-state index in [1.165, 1.54) is 32.0 Å². The van der Waals surface area contributed by atoms with E-state index in [4.69, 9.17) is 9.47 Å². The largest absolute Gasteiger partial charge is 0.484 e. The van der Waals surface area contributed by atoms with E-state index in [1.807, 2.05) is 6.92 Å². The van der Waals surface area contributed by atoms with Crippen LogP contribution < -0.4 is 19.7 Å². The average molecular weight is 516 g/mol. The number of aryl methyl sites for hydroxylation is 1. The van der Waals surface area contributed by atoms with Gasteiger partial charge in [-0.15, -0.1) is 0 Å². The standard InChI is InChI=1S/C21H27F2N5O6S/c1-5-12(2)33-21(30)25-15-6-7-18-17(8-15)28(10-16(34-18)9-24-14(4)29)35(31,32)19-11-27(20(22)23)26-13(19)3/h6-8,11-12,16,20H,5,9-10H2,1-4H3,(H,24,29)(H,25,30)/t12?,16-/m0/s1. The Bertz CT molecular complexity index is 1200. The summed E-state index contributed by atoms with van der Waals surface area (Å²) in [6, 6.07) is 4.35. The number of halogens is 2. The van der Waals surface area contributed by atoms with Crippen molar-refractivity contribution in [2.75, 3.05) is 22.7 Å². The zero-order chi connectivity index (χ0) is 25.9. The maximum atomic E-state index is 13.6. The van der Waals surface area contributed by atoms with Crippen LogP contribution in [0.2, 0.25) is 0 Å². The van der Waals surface area contributed by atoms with Gasteiger partial charge in [0.25, 0.3) is 10.0 Å². The Morgan fingerprint density at radius 1 is 1.34 bits per heavy atom. The zero-order valence-electron chi connectivity index (χ0n) is 19.6. The average Bonchev–Trinajstić information content (AvgIpc) is 3.19. The van der Waals surface area contributed by atoms with Crippen molar-refractivity contribution in [3.05, 3.63) is 30.1 Å². The van der Waals surface area contributed by atoms with Gasteiger partial charge in [-0.2, -0.15) is 13.9 Å². The second-order valence-corrected chi connectivity index (χ2v) is 9.81. The lowest BCUT2D eigenvalue weighted by atomic mass is 10.2. The lowest BCUT2D eigenvalue weighted by Crippen LogP contribution is -2.48. The van der Waals surface area contributed by atoms with Crippen LogP contribution >= 0.6 is 0 Å². The number of alkyl halides is 2. The molecule has 35 heavy (non-hydrogen) atoms. The summed E-state index contributed by atoms with van der Waals surface area (Å²) in [6.07, 6.45) is -0.432. The van der Waals surface area contributed by atoms with Crippen LogP contribution in [0.1, 0.15) is 39.4 Å². The van der Waals surface area contributed by atoms with E-state index in [2.05, 4.69) is 15.7 Å². The van der Waals surface area contributed by atoms with Crippen LogP contribution in [-0.4, -0.2) is 55.5 Å². The third-order valence-corrected chi connectivity index (χ3v) is 7.12. The Morgan fingerprint density at radius 2 is 2.06 bits per heavy atom. The molecule has 0 spiro atoms. The van der Waals surface area contributed by atoms with E-state index in [0.717, 1.165) is 10.5 Å². The molecule has 0 radical (unpaired) electrons. The summed E-state index contributed by atoms with van der Waals surface area (Å²) in [5.74, 6) is -0.169. The van der Waals surface area contributed by atoms with E-state index in [1.54, 1.807) is 6.92 Å². The molecule has 11 nitrogen and oxygen atoms in total. The Labute approximate surface area is 201 Å². The topological polar surface area (TPSA) is 132 Å². The summed E-state index contributed by atoms with van der Waals surface area (Å²) < 4.78 is 65.7. The number of rotatable bonds is 8. The molecule has 2 heterocycles. The molecule has 3 rings (SSSR count). The molecule has 1 aromatic carbocycles. The number of nitrogens with one attached hydrogen (secondary N) is 2. The van der Waals surface area contributed by atoms with Crippen molar-refractivity contribution in [1.82, 2.24) is 15.1 Å². The second kappa shape index (κ2) is 10.5. The molecule has 0 aliphatic carbocycles. The fraction of sp³-hybridized carbons (Fsp3) is 0.476. The summed E-state index contributed by atoms with van der Waals surface area (Å²) in [4.78, 5) is 23.1. The van der Waals surface area contributed by atoms with Crippen molar-refractivity contribution < 1.29 is 36.3 Å². The minimum atomic E-state index is -4.38. The van der Waals surface area contributed by atoms with E-state index < -0.39 is 33.7 Å². The number of benzene rings is 1. The molecule has 0 saturated carbocycles. The monoisotopic (exact) mass is 515 g/mol. The van der Waals surface area contributed by atoms with Gasteiger partial charge in [-0.1, -0.05) is 6.92 Å². The van der Waals surface area contributed by atoms with Crippen molar-refractivity contribution in [1.29, 1.82) is 0 Å². The Morgan fingerprint density at radius 3 is 2.66 bits per heavy atom. The lowest BCUT2D eigenvalue weighted by Gasteiger charge is -2.35. The number of hydrogen-bond acceptors (Lipinski definition) is 7. The van der Waals surface area contributed by atoms with Gasteiger partial charge in [-0.25, -0.2) is 17.9 Å². The number of aromatic nitrogens is 2. The first kappa shape index (κ1) is 26.2. The molecule has 2 N–H and O–H groups in total. The zero-order valence-corrected chi connectivity index (χ0v) is 20.4. The Balaban J connectivity index is 2.00. The van der Waals surface area contributed by atoms with Crippen molar-refractivity contribution in [3.8, 4) is 5.75 Å². The van der Waals surface area contributed by atoms with Gasteiger partial charge >= 0.3 is 12.6 Å². The summed E-state index contributed by atoms with van der Waals surface area (Å²) in [6.45, 7) is 2.97.